The molecule has 2 fully saturated rings. The van der Waals surface area contributed by atoms with Crippen LogP contribution in [0.4, 0.5) is 0 Å². The van der Waals surface area contributed by atoms with E-state index in [1.807, 2.05) is 0 Å². The lowest BCUT2D eigenvalue weighted by Crippen LogP contribution is -2.49. The molecule has 0 saturated carbocycles. The molecule has 2 unspecified atom stereocenters. The third kappa shape index (κ3) is 3.67. The number of hydrogen-bond donors (Lipinski definition) is 1. The third-order valence-electron chi connectivity index (χ3n) is 4.31. The van der Waals surface area contributed by atoms with Crippen LogP contribution in [-0.4, -0.2) is 42.8 Å². The van der Waals surface area contributed by atoms with E-state index in [1.165, 1.54) is 45.2 Å². The Balaban J connectivity index is 1.88. The summed E-state index contributed by atoms with van der Waals surface area (Å²) in [5.41, 5.74) is 5.76. The zero-order valence-corrected chi connectivity index (χ0v) is 11.5. The molecular weight excluding hydrogens is 212 g/mol. The highest BCUT2D eigenvalue weighted by atomic mass is 16.5. The van der Waals surface area contributed by atoms with Crippen LogP contribution < -0.4 is 5.73 Å². The summed E-state index contributed by atoms with van der Waals surface area (Å²) in [6, 6.07) is 0.735. The van der Waals surface area contributed by atoms with Crippen molar-refractivity contribution in [3.8, 4) is 0 Å². The Morgan fingerprint density at radius 2 is 2.18 bits per heavy atom. The van der Waals surface area contributed by atoms with E-state index in [-0.39, 0.29) is 5.60 Å². The van der Waals surface area contributed by atoms with Gasteiger partial charge in [-0.1, -0.05) is 0 Å². The molecule has 2 heterocycles. The summed E-state index contributed by atoms with van der Waals surface area (Å²) in [6.07, 6.45) is 6.31. The summed E-state index contributed by atoms with van der Waals surface area (Å²) in [5.74, 6) is 0.833. The van der Waals surface area contributed by atoms with Crippen molar-refractivity contribution >= 4 is 0 Å². The summed E-state index contributed by atoms with van der Waals surface area (Å²) in [6.45, 7) is 8.76. The van der Waals surface area contributed by atoms with Crippen molar-refractivity contribution in [1.29, 1.82) is 0 Å². The van der Waals surface area contributed by atoms with Gasteiger partial charge in [-0.2, -0.15) is 0 Å². The van der Waals surface area contributed by atoms with Gasteiger partial charge in [0.1, 0.15) is 0 Å². The van der Waals surface area contributed by atoms with E-state index in [0.29, 0.717) is 0 Å². The molecule has 2 aliphatic rings. The zero-order chi connectivity index (χ0) is 12.3. The van der Waals surface area contributed by atoms with Gasteiger partial charge in [0.25, 0.3) is 0 Å². The minimum Gasteiger partial charge on any atom is -0.375 e. The second-order valence-electron chi connectivity index (χ2n) is 6.34. The number of nitrogens with zero attached hydrogens (tertiary/aromatic N) is 1. The van der Waals surface area contributed by atoms with Crippen molar-refractivity contribution < 1.29 is 4.74 Å². The van der Waals surface area contributed by atoms with Crippen LogP contribution in [0.3, 0.4) is 0 Å². The molecule has 0 radical (unpaired) electrons. The molecule has 0 aromatic rings. The van der Waals surface area contributed by atoms with E-state index in [2.05, 4.69) is 18.7 Å². The quantitative estimate of drug-likeness (QED) is 0.820. The predicted molar refractivity (Wildman–Crippen MR) is 71.0 cm³/mol. The van der Waals surface area contributed by atoms with Crippen LogP contribution in [-0.2, 0) is 4.74 Å². The maximum Gasteiger partial charge on any atom is 0.0641 e. The molecule has 0 spiro atoms. The molecule has 0 bridgehead atoms. The highest BCUT2D eigenvalue weighted by molar-refractivity contribution is 4.87. The molecule has 0 aliphatic carbocycles. The fraction of sp³-hybridized carbons (Fsp3) is 1.00. The average Bonchev–Trinajstić information content (AvgIpc) is 2.28. The topological polar surface area (TPSA) is 38.5 Å². The normalized spacial score (nSPS) is 34.8. The molecule has 100 valence electrons. The van der Waals surface area contributed by atoms with Gasteiger partial charge < -0.3 is 10.5 Å². The minimum atomic E-state index is 0.0731. The first kappa shape index (κ1) is 13.3. The van der Waals surface area contributed by atoms with E-state index in [4.69, 9.17) is 10.5 Å². The molecule has 2 aliphatic heterocycles. The van der Waals surface area contributed by atoms with E-state index < -0.39 is 0 Å². The Morgan fingerprint density at radius 3 is 2.88 bits per heavy atom. The van der Waals surface area contributed by atoms with E-state index in [1.54, 1.807) is 0 Å². The van der Waals surface area contributed by atoms with Crippen LogP contribution in [0.2, 0.25) is 0 Å². The summed E-state index contributed by atoms with van der Waals surface area (Å²) < 4.78 is 5.81. The molecule has 0 aromatic carbocycles. The van der Waals surface area contributed by atoms with Crippen LogP contribution in [0, 0.1) is 5.92 Å². The lowest BCUT2D eigenvalue weighted by molar-refractivity contribution is -0.0880. The largest absolute Gasteiger partial charge is 0.375 e. The zero-order valence-electron chi connectivity index (χ0n) is 11.5. The Labute approximate surface area is 106 Å². The van der Waals surface area contributed by atoms with Crippen molar-refractivity contribution in [2.24, 2.45) is 11.7 Å². The Hall–Kier alpha value is -0.120. The summed E-state index contributed by atoms with van der Waals surface area (Å²) in [5, 5.41) is 0. The third-order valence-corrected chi connectivity index (χ3v) is 4.31. The number of ether oxygens (including phenoxy) is 1. The fourth-order valence-corrected chi connectivity index (χ4v) is 3.41. The second kappa shape index (κ2) is 5.68. The molecule has 2 atom stereocenters. The summed E-state index contributed by atoms with van der Waals surface area (Å²) >= 11 is 0. The summed E-state index contributed by atoms with van der Waals surface area (Å²) in [7, 11) is 0. The first-order valence-electron chi connectivity index (χ1n) is 7.19. The van der Waals surface area contributed by atoms with Gasteiger partial charge in [0.2, 0.25) is 0 Å². The van der Waals surface area contributed by atoms with Crippen molar-refractivity contribution in [3.63, 3.8) is 0 Å². The van der Waals surface area contributed by atoms with E-state index in [0.717, 1.165) is 25.1 Å². The number of likely N-dealkylation sites (tertiary alicyclic amines) is 1. The van der Waals surface area contributed by atoms with Crippen LogP contribution in [0.25, 0.3) is 0 Å². The Bertz CT molecular complexity index is 240. The Morgan fingerprint density at radius 1 is 1.35 bits per heavy atom. The van der Waals surface area contributed by atoms with Gasteiger partial charge in [0.05, 0.1) is 5.60 Å². The number of rotatable bonds is 3. The van der Waals surface area contributed by atoms with Crippen LogP contribution in [0.15, 0.2) is 0 Å². The lowest BCUT2D eigenvalue weighted by Gasteiger charge is -2.44. The van der Waals surface area contributed by atoms with Crippen LogP contribution >= 0.6 is 0 Å². The number of hydrogen-bond acceptors (Lipinski definition) is 3. The molecule has 3 heteroatoms. The maximum absolute atomic E-state index is 5.81. The number of piperidine rings is 1. The van der Waals surface area contributed by atoms with Gasteiger partial charge in [0, 0.05) is 19.2 Å². The molecule has 17 heavy (non-hydrogen) atoms. The standard InChI is InChI=1S/C14H28N2O/c1-14(2)10-13(6-9-17-14)16-8-3-4-12(11-16)5-7-15/h12-13H,3-11,15H2,1-2H3. The smallest absolute Gasteiger partial charge is 0.0641 e. The van der Waals surface area contributed by atoms with E-state index >= 15 is 0 Å². The van der Waals surface area contributed by atoms with Gasteiger partial charge in [-0.3, -0.25) is 4.90 Å². The molecule has 2 N–H and O–H groups in total. The molecular formula is C14H28N2O. The second-order valence-corrected chi connectivity index (χ2v) is 6.34. The van der Waals surface area contributed by atoms with Crippen molar-refractivity contribution in [1.82, 2.24) is 4.90 Å². The van der Waals surface area contributed by atoms with Gasteiger partial charge in [-0.25, -0.2) is 0 Å². The first-order chi connectivity index (χ1) is 8.11. The summed E-state index contributed by atoms with van der Waals surface area (Å²) in [4.78, 5) is 2.70. The molecule has 2 rings (SSSR count). The van der Waals surface area contributed by atoms with Gasteiger partial charge in [-0.05, 0) is 65.0 Å². The maximum atomic E-state index is 5.81. The highest BCUT2D eigenvalue weighted by Gasteiger charge is 2.33. The van der Waals surface area contributed by atoms with Crippen LogP contribution in [0.1, 0.15) is 46.0 Å². The van der Waals surface area contributed by atoms with Crippen molar-refractivity contribution in [3.05, 3.63) is 0 Å². The minimum absolute atomic E-state index is 0.0731. The van der Waals surface area contributed by atoms with Crippen LogP contribution in [0.5, 0.6) is 0 Å². The SMILES string of the molecule is CC1(C)CC(N2CCCC(CCN)C2)CCO1. The van der Waals surface area contributed by atoms with Crippen molar-refractivity contribution in [2.75, 3.05) is 26.2 Å². The molecule has 3 nitrogen and oxygen atoms in total. The average molecular weight is 240 g/mol. The number of nitrogens with two attached hydrogens (primary N) is 1. The molecule has 0 amide bonds. The fourth-order valence-electron chi connectivity index (χ4n) is 3.41. The molecule has 0 aromatic heterocycles. The Kier molecular flexibility index (Phi) is 4.45. The van der Waals surface area contributed by atoms with E-state index in [9.17, 15) is 0 Å². The highest BCUT2D eigenvalue weighted by Crippen LogP contribution is 2.30. The monoisotopic (exact) mass is 240 g/mol. The van der Waals surface area contributed by atoms with Crippen molar-refractivity contribution in [2.45, 2.75) is 57.6 Å². The first-order valence-corrected chi connectivity index (χ1v) is 7.19. The molecule has 2 saturated heterocycles. The predicted octanol–water partition coefficient (Wildman–Crippen LogP) is 2.00. The lowest BCUT2D eigenvalue weighted by atomic mass is 9.88. The van der Waals surface area contributed by atoms with Gasteiger partial charge in [-0.15, -0.1) is 0 Å². The van der Waals surface area contributed by atoms with Gasteiger partial charge in [0.15, 0.2) is 0 Å². The van der Waals surface area contributed by atoms with Gasteiger partial charge >= 0.3 is 0 Å².